The van der Waals surface area contributed by atoms with Crippen molar-refractivity contribution in [3.8, 4) is 0 Å². The molecule has 0 aliphatic rings. The Morgan fingerprint density at radius 2 is 1.54 bits per heavy atom. The van der Waals surface area contributed by atoms with Crippen LogP contribution in [0.4, 0.5) is 0 Å². The number of hydrogen-bond donors (Lipinski definition) is 0. The Balaban J connectivity index is 6.14. The van der Waals surface area contributed by atoms with Gasteiger partial charge in [-0.2, -0.15) is 17.0 Å². The highest BCUT2D eigenvalue weighted by Gasteiger charge is 2.42. The van der Waals surface area contributed by atoms with Gasteiger partial charge < -0.3 is 9.47 Å². The third kappa shape index (κ3) is 5.93. The molecule has 1 unspecified atom stereocenters. The number of esters is 2. The van der Waals surface area contributed by atoms with E-state index in [-0.39, 0.29) is 25.6 Å². The van der Waals surface area contributed by atoms with Gasteiger partial charge in [-0.25, -0.2) is 0 Å². The van der Waals surface area contributed by atoms with Crippen LogP contribution in [-0.2, 0) is 29.3 Å². The lowest BCUT2D eigenvalue weighted by atomic mass is 10.0. The summed E-state index contributed by atoms with van der Waals surface area (Å²) in [6.45, 7) is 13.5. The van der Waals surface area contributed by atoms with Gasteiger partial charge in [-0.05, 0) is 19.8 Å². The monoisotopic (exact) mass is 390 g/mol. The molecule has 0 rings (SSSR count). The van der Waals surface area contributed by atoms with E-state index in [1.54, 1.807) is 20.8 Å². The highest BCUT2D eigenvalue weighted by Crippen LogP contribution is 2.22. The van der Waals surface area contributed by atoms with Crippen LogP contribution in [0.25, 0.3) is 0 Å². The fourth-order valence-corrected chi connectivity index (χ4v) is 4.38. The van der Waals surface area contributed by atoms with Gasteiger partial charge >= 0.3 is 11.9 Å². The van der Waals surface area contributed by atoms with Gasteiger partial charge in [0.05, 0.1) is 13.7 Å². The highest BCUT2D eigenvalue weighted by atomic mass is 32.2. The van der Waals surface area contributed by atoms with E-state index in [0.29, 0.717) is 0 Å². The van der Waals surface area contributed by atoms with Crippen LogP contribution >= 0.6 is 0 Å². The fourth-order valence-electron chi connectivity index (χ4n) is 2.42. The zero-order chi connectivity index (χ0) is 20.5. The van der Waals surface area contributed by atoms with Crippen molar-refractivity contribution in [1.82, 2.24) is 8.61 Å². The van der Waals surface area contributed by atoms with E-state index in [1.165, 1.54) is 26.2 Å². The molecule has 0 bridgehead atoms. The standard InChI is InChI=1S/C17H30N2O6S/c1-8-11-18(14(6)16(20)25-10-3)26(22,23)19(12-9-2)15(13(4)5)17(21)24-7/h8-9,13-15H,1-2,10-12H2,3-7H3/t14-,15?/m1/s1. The summed E-state index contributed by atoms with van der Waals surface area (Å²) in [5.74, 6) is -1.73. The fraction of sp³-hybridized carbons (Fsp3) is 0.647. The van der Waals surface area contributed by atoms with Crippen molar-refractivity contribution in [2.45, 2.75) is 39.8 Å². The molecule has 2 atom stereocenters. The zero-order valence-electron chi connectivity index (χ0n) is 16.2. The number of rotatable bonds is 12. The molecule has 8 nitrogen and oxygen atoms in total. The summed E-state index contributed by atoms with van der Waals surface area (Å²) < 4.78 is 38.2. The van der Waals surface area contributed by atoms with Crippen molar-refractivity contribution < 1.29 is 27.5 Å². The van der Waals surface area contributed by atoms with Gasteiger partial charge in [0, 0.05) is 13.1 Å². The quantitative estimate of drug-likeness (QED) is 0.369. The number of hydrogen-bond acceptors (Lipinski definition) is 6. The van der Waals surface area contributed by atoms with Crippen molar-refractivity contribution >= 4 is 22.1 Å². The lowest BCUT2D eigenvalue weighted by Gasteiger charge is -2.36. The molecule has 0 aliphatic heterocycles. The van der Waals surface area contributed by atoms with E-state index >= 15 is 0 Å². The first-order chi connectivity index (χ1) is 12.1. The second-order valence-corrected chi connectivity index (χ2v) is 7.70. The Labute approximate surface area is 156 Å². The summed E-state index contributed by atoms with van der Waals surface area (Å²) in [6, 6.07) is -2.15. The summed E-state index contributed by atoms with van der Waals surface area (Å²) in [4.78, 5) is 24.3. The third-order valence-corrected chi connectivity index (χ3v) is 5.68. The van der Waals surface area contributed by atoms with Gasteiger partial charge in [-0.3, -0.25) is 9.59 Å². The topological polar surface area (TPSA) is 93.2 Å². The average molecular weight is 391 g/mol. The highest BCUT2D eigenvalue weighted by molar-refractivity contribution is 7.86. The molecule has 0 spiro atoms. The van der Waals surface area contributed by atoms with Gasteiger partial charge in [0.2, 0.25) is 0 Å². The van der Waals surface area contributed by atoms with Crippen LogP contribution in [0.1, 0.15) is 27.7 Å². The molecule has 0 amide bonds. The van der Waals surface area contributed by atoms with Crippen LogP contribution < -0.4 is 0 Å². The minimum atomic E-state index is -4.23. The van der Waals surface area contributed by atoms with Gasteiger partial charge in [-0.1, -0.05) is 26.0 Å². The maximum atomic E-state index is 13.3. The number of methoxy groups -OCH3 is 1. The van der Waals surface area contributed by atoms with Crippen LogP contribution in [0.3, 0.4) is 0 Å². The van der Waals surface area contributed by atoms with Crippen molar-refractivity contribution in [3.63, 3.8) is 0 Å². The molecule has 0 aromatic heterocycles. The average Bonchev–Trinajstić information content (AvgIpc) is 2.58. The molecule has 0 fully saturated rings. The Morgan fingerprint density at radius 3 is 1.92 bits per heavy atom. The van der Waals surface area contributed by atoms with E-state index in [9.17, 15) is 18.0 Å². The van der Waals surface area contributed by atoms with Gasteiger partial charge in [0.15, 0.2) is 0 Å². The molecule has 9 heteroatoms. The molecule has 0 N–H and O–H groups in total. The molecule has 0 aliphatic carbocycles. The number of carbonyl (C=O) groups is 2. The number of nitrogens with zero attached hydrogens (tertiary/aromatic N) is 2. The summed E-state index contributed by atoms with van der Waals surface area (Å²) in [5, 5.41) is 0. The van der Waals surface area contributed by atoms with Crippen molar-refractivity contribution in [2.24, 2.45) is 5.92 Å². The maximum Gasteiger partial charge on any atom is 0.324 e. The molecule has 0 aromatic carbocycles. The predicted molar refractivity (Wildman–Crippen MR) is 99.5 cm³/mol. The van der Waals surface area contributed by atoms with Gasteiger partial charge in [0.25, 0.3) is 10.2 Å². The first-order valence-corrected chi connectivity index (χ1v) is 9.74. The Kier molecular flexibility index (Phi) is 10.4. The van der Waals surface area contributed by atoms with E-state index in [0.717, 1.165) is 8.61 Å². The number of ether oxygens (including phenoxy) is 2. The molecule has 0 saturated heterocycles. The van der Waals surface area contributed by atoms with E-state index < -0.39 is 34.2 Å². The largest absolute Gasteiger partial charge is 0.468 e. The Bertz CT molecular complexity index is 602. The summed E-state index contributed by atoms with van der Waals surface area (Å²) in [6.07, 6.45) is 2.73. The Morgan fingerprint density at radius 1 is 1.04 bits per heavy atom. The van der Waals surface area contributed by atoms with Crippen LogP contribution in [0.2, 0.25) is 0 Å². The van der Waals surface area contributed by atoms with E-state index in [2.05, 4.69) is 13.2 Å². The minimum absolute atomic E-state index is 0.122. The first kappa shape index (κ1) is 24.3. The van der Waals surface area contributed by atoms with Crippen molar-refractivity contribution in [2.75, 3.05) is 26.8 Å². The molecular weight excluding hydrogens is 360 g/mol. The SMILES string of the molecule is C=CCN(C(C(=O)OC)C(C)C)S(=O)(=O)N(CC=C)[C@H](C)C(=O)OCC. The molecule has 0 aromatic rings. The lowest BCUT2D eigenvalue weighted by Crippen LogP contribution is -2.56. The van der Waals surface area contributed by atoms with Crippen LogP contribution in [0, 0.1) is 5.92 Å². The molecular formula is C17H30N2O6S. The molecule has 0 saturated carbocycles. The van der Waals surface area contributed by atoms with E-state index in [4.69, 9.17) is 9.47 Å². The second-order valence-electron chi connectivity index (χ2n) is 5.86. The summed E-state index contributed by atoms with van der Waals surface area (Å²) >= 11 is 0. The Hall–Kier alpha value is -1.71. The van der Waals surface area contributed by atoms with Crippen LogP contribution in [0.15, 0.2) is 25.3 Å². The van der Waals surface area contributed by atoms with Crippen LogP contribution in [-0.4, -0.2) is 67.9 Å². The second kappa shape index (κ2) is 11.1. The smallest absolute Gasteiger partial charge is 0.324 e. The lowest BCUT2D eigenvalue weighted by molar-refractivity contribution is -0.147. The summed E-state index contributed by atoms with van der Waals surface area (Å²) in [7, 11) is -3.03. The maximum absolute atomic E-state index is 13.3. The first-order valence-electron chi connectivity index (χ1n) is 8.34. The third-order valence-electron chi connectivity index (χ3n) is 3.65. The molecule has 150 valence electrons. The summed E-state index contributed by atoms with van der Waals surface area (Å²) in [5.41, 5.74) is 0. The minimum Gasteiger partial charge on any atom is -0.468 e. The van der Waals surface area contributed by atoms with Gasteiger partial charge in [-0.15, -0.1) is 13.2 Å². The van der Waals surface area contributed by atoms with Crippen molar-refractivity contribution in [3.05, 3.63) is 25.3 Å². The van der Waals surface area contributed by atoms with Gasteiger partial charge in [0.1, 0.15) is 12.1 Å². The van der Waals surface area contributed by atoms with Crippen LogP contribution in [0.5, 0.6) is 0 Å². The number of carbonyl (C=O) groups excluding carboxylic acids is 2. The molecule has 26 heavy (non-hydrogen) atoms. The molecule has 0 heterocycles. The normalized spacial score (nSPS) is 14.2. The molecule has 0 radical (unpaired) electrons. The van der Waals surface area contributed by atoms with E-state index in [1.807, 2.05) is 0 Å². The van der Waals surface area contributed by atoms with Crippen molar-refractivity contribution in [1.29, 1.82) is 0 Å². The zero-order valence-corrected chi connectivity index (χ0v) is 17.0. The predicted octanol–water partition coefficient (Wildman–Crippen LogP) is 1.36.